The second kappa shape index (κ2) is 6.23. The van der Waals surface area contributed by atoms with Crippen LogP contribution in [-0.4, -0.2) is 15.3 Å². The number of aromatic nitrogens is 2. The fourth-order valence-corrected chi connectivity index (χ4v) is 2.86. The Labute approximate surface area is 140 Å². The summed E-state index contributed by atoms with van der Waals surface area (Å²) in [7, 11) is 0. The average Bonchev–Trinajstić information content (AvgIpc) is 2.99. The van der Waals surface area contributed by atoms with Gasteiger partial charge in [-0.3, -0.25) is 9.59 Å². The van der Waals surface area contributed by atoms with Crippen LogP contribution >= 0.6 is 0 Å². The van der Waals surface area contributed by atoms with Crippen LogP contribution in [0.2, 0.25) is 0 Å². The van der Waals surface area contributed by atoms with Gasteiger partial charge in [0.05, 0.1) is 6.54 Å². The van der Waals surface area contributed by atoms with Crippen LogP contribution in [0.5, 0.6) is 0 Å². The van der Waals surface area contributed by atoms with Gasteiger partial charge in [0.25, 0.3) is 5.56 Å². The number of aryl methyl sites for hydroxylation is 1. The van der Waals surface area contributed by atoms with Crippen LogP contribution < -0.4 is 5.56 Å². The summed E-state index contributed by atoms with van der Waals surface area (Å²) in [6, 6.07) is 7.35. The second-order valence-electron chi connectivity index (χ2n) is 5.67. The molecule has 1 aromatic carbocycles. The lowest BCUT2D eigenvalue weighted by Crippen LogP contribution is -2.30. The molecule has 130 valence electrons. The molecule has 25 heavy (non-hydrogen) atoms. The van der Waals surface area contributed by atoms with Crippen molar-refractivity contribution in [2.75, 3.05) is 0 Å². The monoisotopic (exact) mass is 348 g/mol. The molecule has 3 aromatic rings. The molecule has 4 nitrogen and oxygen atoms in total. The molecule has 0 aliphatic rings. The smallest absolute Gasteiger partial charge is 0.360 e. The first-order valence-electron chi connectivity index (χ1n) is 7.71. The summed E-state index contributed by atoms with van der Waals surface area (Å²) in [5.41, 5.74) is -0.292. The first-order valence-corrected chi connectivity index (χ1v) is 7.71. The number of rotatable bonds is 4. The third kappa shape index (κ3) is 3.09. The Hall–Kier alpha value is -2.83. The van der Waals surface area contributed by atoms with Crippen LogP contribution in [0, 0.1) is 0 Å². The van der Waals surface area contributed by atoms with E-state index in [9.17, 15) is 22.8 Å². The number of H-pyrrole nitrogens is 1. The number of nitrogens with one attached hydrogen (secondary N) is 1. The maximum Gasteiger partial charge on any atom is 0.421 e. The number of benzene rings is 1. The van der Waals surface area contributed by atoms with Crippen molar-refractivity contribution >= 4 is 16.7 Å². The van der Waals surface area contributed by atoms with Gasteiger partial charge in [-0.1, -0.05) is 25.1 Å². The van der Waals surface area contributed by atoms with Crippen LogP contribution in [0.15, 0.2) is 47.5 Å². The number of carbonyl (C=O) groups excluding carboxylic acids is 1. The molecular formula is C18H15F3N2O2. The molecule has 0 spiro atoms. The molecule has 0 unspecified atom stereocenters. The predicted molar refractivity (Wildman–Crippen MR) is 87.7 cm³/mol. The highest BCUT2D eigenvalue weighted by molar-refractivity contribution is 6.08. The second-order valence-corrected chi connectivity index (χ2v) is 5.67. The van der Waals surface area contributed by atoms with Crippen LogP contribution in [0.3, 0.4) is 0 Å². The zero-order valence-corrected chi connectivity index (χ0v) is 13.4. The number of ketones is 1. The minimum Gasteiger partial charge on any atom is -0.360 e. The van der Waals surface area contributed by atoms with Crippen molar-refractivity contribution in [2.24, 2.45) is 0 Å². The zero-order chi connectivity index (χ0) is 18.2. The quantitative estimate of drug-likeness (QED) is 0.729. The number of halogens is 3. The molecule has 0 bridgehead atoms. The van der Waals surface area contributed by atoms with Crippen molar-refractivity contribution in [1.82, 2.24) is 9.55 Å². The van der Waals surface area contributed by atoms with E-state index in [0.29, 0.717) is 17.0 Å². The Balaban J connectivity index is 1.98. The Bertz CT molecular complexity index is 999. The van der Waals surface area contributed by atoms with E-state index in [0.717, 1.165) is 28.1 Å². The highest BCUT2D eigenvalue weighted by Gasteiger charge is 2.34. The van der Waals surface area contributed by atoms with Gasteiger partial charge < -0.3 is 9.55 Å². The lowest BCUT2D eigenvalue weighted by atomic mass is 10.0. The molecule has 0 fully saturated rings. The Morgan fingerprint density at radius 1 is 1.20 bits per heavy atom. The van der Waals surface area contributed by atoms with Crippen LogP contribution in [0.25, 0.3) is 10.9 Å². The van der Waals surface area contributed by atoms with E-state index < -0.39 is 29.6 Å². The summed E-state index contributed by atoms with van der Waals surface area (Å²) < 4.78 is 39.3. The number of hydrogen-bond acceptors (Lipinski definition) is 2. The van der Waals surface area contributed by atoms with Gasteiger partial charge in [-0.25, -0.2) is 0 Å². The Kier molecular flexibility index (Phi) is 4.24. The minimum atomic E-state index is -4.75. The first kappa shape index (κ1) is 17.0. The van der Waals surface area contributed by atoms with E-state index in [1.807, 2.05) is 19.1 Å². The molecule has 7 heteroatoms. The van der Waals surface area contributed by atoms with Gasteiger partial charge in [-0.2, -0.15) is 13.2 Å². The van der Waals surface area contributed by atoms with Crippen LogP contribution in [0.1, 0.15) is 28.4 Å². The summed E-state index contributed by atoms with van der Waals surface area (Å²) in [6.07, 6.45) is -1.26. The molecule has 0 aliphatic heterocycles. The number of pyridine rings is 1. The van der Waals surface area contributed by atoms with Gasteiger partial charge in [-0.15, -0.1) is 0 Å². The number of carbonyl (C=O) groups is 1. The molecule has 1 N–H and O–H groups in total. The first-order chi connectivity index (χ1) is 11.8. The molecule has 0 saturated heterocycles. The average molecular weight is 348 g/mol. The Morgan fingerprint density at radius 3 is 2.64 bits per heavy atom. The number of aromatic amines is 1. The number of alkyl halides is 3. The fraction of sp³-hybridized carbons (Fsp3) is 0.222. The van der Waals surface area contributed by atoms with Gasteiger partial charge >= 0.3 is 6.18 Å². The van der Waals surface area contributed by atoms with E-state index in [-0.39, 0.29) is 0 Å². The summed E-state index contributed by atoms with van der Waals surface area (Å²) in [5.74, 6) is -0.430. The van der Waals surface area contributed by atoms with Crippen LogP contribution in [-0.2, 0) is 19.1 Å². The number of fused-ring (bicyclic) bond motifs is 1. The third-order valence-corrected chi connectivity index (χ3v) is 4.12. The predicted octanol–water partition coefficient (Wildman–Crippen LogP) is 3.79. The number of para-hydroxylation sites is 1. The molecule has 2 heterocycles. The molecular weight excluding hydrogens is 333 g/mol. The van der Waals surface area contributed by atoms with E-state index in [2.05, 4.69) is 4.98 Å². The van der Waals surface area contributed by atoms with Crippen molar-refractivity contribution in [3.63, 3.8) is 0 Å². The molecule has 0 radical (unpaired) electrons. The lowest BCUT2D eigenvalue weighted by Gasteiger charge is -2.09. The van der Waals surface area contributed by atoms with Crippen molar-refractivity contribution in [3.05, 3.63) is 69.8 Å². The van der Waals surface area contributed by atoms with E-state index in [1.54, 1.807) is 6.07 Å². The molecule has 0 amide bonds. The highest BCUT2D eigenvalue weighted by atomic mass is 19.4. The zero-order valence-electron chi connectivity index (χ0n) is 13.4. The van der Waals surface area contributed by atoms with Crippen molar-refractivity contribution in [1.29, 1.82) is 0 Å². The van der Waals surface area contributed by atoms with E-state index in [1.165, 1.54) is 12.4 Å². The van der Waals surface area contributed by atoms with Crippen molar-refractivity contribution in [3.8, 4) is 0 Å². The summed E-state index contributed by atoms with van der Waals surface area (Å²) in [4.78, 5) is 27.5. The van der Waals surface area contributed by atoms with E-state index >= 15 is 0 Å². The molecule has 2 aromatic heterocycles. The Morgan fingerprint density at radius 2 is 1.96 bits per heavy atom. The molecule has 0 aliphatic carbocycles. The van der Waals surface area contributed by atoms with Gasteiger partial charge in [-0.05, 0) is 24.1 Å². The van der Waals surface area contributed by atoms with Gasteiger partial charge in [0, 0.05) is 28.9 Å². The van der Waals surface area contributed by atoms with Crippen LogP contribution in [0.4, 0.5) is 13.2 Å². The summed E-state index contributed by atoms with van der Waals surface area (Å²) >= 11 is 0. The summed E-state index contributed by atoms with van der Waals surface area (Å²) in [5, 5.41) is 0.698. The standard InChI is InChI=1S/C18H15F3N2O2/c1-2-11-5-3-6-12-13(9-22-16(11)12)15(24)10-23-8-4-7-14(17(23)25)18(19,20)21/h3-9,22H,2,10H2,1H3. The minimum absolute atomic E-state index is 0.356. The SMILES string of the molecule is CCc1cccc2c(C(=O)Cn3cccc(C(F)(F)F)c3=O)c[nH]c12. The summed E-state index contributed by atoms with van der Waals surface area (Å²) in [6.45, 7) is 1.53. The highest BCUT2D eigenvalue weighted by Crippen LogP contribution is 2.26. The van der Waals surface area contributed by atoms with Gasteiger partial charge in [0.15, 0.2) is 5.78 Å². The topological polar surface area (TPSA) is 54.9 Å². The van der Waals surface area contributed by atoms with E-state index in [4.69, 9.17) is 0 Å². The molecule has 0 saturated carbocycles. The maximum absolute atomic E-state index is 12.8. The normalized spacial score (nSPS) is 11.8. The number of Topliss-reactive ketones (excluding diaryl/α,β-unsaturated/α-hetero) is 1. The van der Waals surface area contributed by atoms with Gasteiger partial charge in [0.2, 0.25) is 0 Å². The number of nitrogens with zero attached hydrogens (tertiary/aromatic N) is 1. The number of hydrogen-bond donors (Lipinski definition) is 1. The molecule has 3 rings (SSSR count). The van der Waals surface area contributed by atoms with Crippen molar-refractivity contribution < 1.29 is 18.0 Å². The van der Waals surface area contributed by atoms with Gasteiger partial charge in [0.1, 0.15) is 5.56 Å². The third-order valence-electron chi connectivity index (χ3n) is 4.12. The lowest BCUT2D eigenvalue weighted by molar-refractivity contribution is -0.138. The largest absolute Gasteiger partial charge is 0.421 e. The van der Waals surface area contributed by atoms with Crippen molar-refractivity contribution in [2.45, 2.75) is 26.1 Å². The maximum atomic E-state index is 12.8. The fourth-order valence-electron chi connectivity index (χ4n) is 2.86. The molecule has 0 atom stereocenters.